The van der Waals surface area contributed by atoms with Crippen LogP contribution in [0.3, 0.4) is 0 Å². The maximum Gasteiger partial charge on any atom is 0.0540 e. The fourth-order valence-corrected chi connectivity index (χ4v) is 12.5. The van der Waals surface area contributed by atoms with Gasteiger partial charge in [-0.05, 0) is 165 Å². The summed E-state index contributed by atoms with van der Waals surface area (Å²) in [6.45, 7) is 0. The zero-order valence-electron chi connectivity index (χ0n) is 51.2. The van der Waals surface area contributed by atoms with E-state index in [9.17, 15) is 0 Å². The molecule has 16 aromatic carbocycles. The van der Waals surface area contributed by atoms with Gasteiger partial charge in [0, 0.05) is 71.5 Å². The van der Waals surface area contributed by atoms with Crippen molar-refractivity contribution in [3.8, 4) is 22.3 Å². The Kier molecular flexibility index (Phi) is 18.9. The third-order valence-corrected chi connectivity index (χ3v) is 17.3. The molecule has 1 N–H and O–H groups in total. The van der Waals surface area contributed by atoms with Gasteiger partial charge in [-0.25, -0.2) is 0 Å². The fourth-order valence-electron chi connectivity index (χ4n) is 12.3. The molecule has 0 radical (unpaired) electrons. The second-order valence-electron chi connectivity index (χ2n) is 22.7. The first kappa shape index (κ1) is 61.1. The third kappa shape index (κ3) is 13.6. The maximum absolute atomic E-state index is 3.51. The lowest BCUT2D eigenvalue weighted by molar-refractivity contribution is 1.29. The number of anilines is 11. The number of rotatable bonds is 13. The molecule has 0 unspecified atom stereocenters. The van der Waals surface area contributed by atoms with Crippen molar-refractivity contribution < 1.29 is 0 Å². The highest BCUT2D eigenvalue weighted by Gasteiger charge is 2.19. The van der Waals surface area contributed by atoms with Crippen LogP contribution in [0.1, 0.15) is 7.43 Å². The number of benzene rings is 16. The second-order valence-corrected chi connectivity index (χ2v) is 23.6. The highest BCUT2D eigenvalue weighted by molar-refractivity contribution is 9.10. The van der Waals surface area contributed by atoms with E-state index in [1.54, 1.807) is 0 Å². The van der Waals surface area contributed by atoms with Crippen LogP contribution in [0.5, 0.6) is 0 Å². The van der Waals surface area contributed by atoms with Crippen LogP contribution in [0.4, 0.5) is 62.6 Å². The van der Waals surface area contributed by atoms with Gasteiger partial charge in [0.15, 0.2) is 0 Å². The summed E-state index contributed by atoms with van der Waals surface area (Å²) in [4.78, 5) is 7.02. The van der Waals surface area contributed by atoms with Crippen molar-refractivity contribution in [2.75, 3.05) is 20.0 Å². The van der Waals surface area contributed by atoms with Gasteiger partial charge in [0.05, 0.1) is 17.1 Å². The molecule has 0 heterocycles. The number of para-hydroxylation sites is 4. The molecular formula is C89H69BrN4. The lowest BCUT2D eigenvalue weighted by atomic mass is 10.0. The van der Waals surface area contributed by atoms with Crippen LogP contribution in [0.2, 0.25) is 0 Å². The molecule has 0 amide bonds. The Morgan fingerprint density at radius 1 is 0.202 bits per heavy atom. The summed E-state index contributed by atoms with van der Waals surface area (Å²) in [5.74, 6) is 0. The van der Waals surface area contributed by atoms with Crippen LogP contribution >= 0.6 is 15.9 Å². The Morgan fingerprint density at radius 2 is 0.447 bits per heavy atom. The standard InChI is InChI=1S/C44H32N2.C28H20BrN.C16H13N.CH4/c1-3-17-37(18-4-1)45(43-23-11-15-35-13-7-9-21-41(35)43)39-29-25-33(26-30-39)34-27-31-40(32-28-34)46(38-19-5-2-6-20-38)44-24-12-16-36-14-8-10-22-42(36)44;29-24-17-13-21(14-18-24)22-15-19-26(20-16-22)30(25-9-2-1-3-10-25)28-12-6-8-23-7-4-5-11-27(23)28;1-2-9-14(10-3-1)17-16-12-6-8-13-7-4-5-11-15(13)16;/h1-32H;1-20H;1-12,17H;1H4. The molecule has 16 aromatic rings. The van der Waals surface area contributed by atoms with E-state index < -0.39 is 0 Å². The highest BCUT2D eigenvalue weighted by atomic mass is 79.9. The summed E-state index contributed by atoms with van der Waals surface area (Å²) >= 11 is 3.51. The minimum Gasteiger partial charge on any atom is -0.355 e. The Balaban J connectivity index is 0.000000143. The molecule has 0 aliphatic carbocycles. The minimum absolute atomic E-state index is 0. The number of nitrogens with zero attached hydrogens (tertiary/aromatic N) is 3. The van der Waals surface area contributed by atoms with E-state index in [1.165, 1.54) is 71.0 Å². The van der Waals surface area contributed by atoms with Crippen LogP contribution < -0.4 is 20.0 Å². The van der Waals surface area contributed by atoms with Crippen LogP contribution in [-0.4, -0.2) is 0 Å². The monoisotopic (exact) mass is 1270 g/mol. The predicted molar refractivity (Wildman–Crippen MR) is 408 cm³/mol. The van der Waals surface area contributed by atoms with Crippen LogP contribution in [-0.2, 0) is 0 Å². The summed E-state index contributed by atoms with van der Waals surface area (Å²) in [5, 5.41) is 13.3. The van der Waals surface area contributed by atoms with Crippen molar-refractivity contribution >= 4 is 122 Å². The SMILES string of the molecule is Brc1ccc(-c2ccc(N(c3ccccc3)c3cccc4ccccc34)cc2)cc1.C.c1ccc(N(c2ccc(-c3ccc(N(c4ccccc4)c4cccc5ccccc45)cc3)cc2)c2cccc3ccccc23)cc1.c1ccc(Nc2cccc3ccccc23)cc1. The van der Waals surface area contributed by atoms with Gasteiger partial charge in [-0.3, -0.25) is 0 Å². The molecule has 5 heteroatoms. The van der Waals surface area contributed by atoms with Crippen molar-refractivity contribution in [1.82, 2.24) is 0 Å². The molecule has 0 fully saturated rings. The van der Waals surface area contributed by atoms with Gasteiger partial charge < -0.3 is 20.0 Å². The zero-order chi connectivity index (χ0) is 62.6. The van der Waals surface area contributed by atoms with Crippen LogP contribution in [0.25, 0.3) is 65.3 Å². The Labute approximate surface area is 560 Å². The summed E-state index contributed by atoms with van der Waals surface area (Å²) < 4.78 is 1.09. The van der Waals surface area contributed by atoms with Crippen LogP contribution in [0.15, 0.2) is 393 Å². The van der Waals surface area contributed by atoms with Gasteiger partial charge in [-0.2, -0.15) is 0 Å². The molecular weight excluding hydrogens is 1200 g/mol. The number of halogens is 1. The van der Waals surface area contributed by atoms with Crippen molar-refractivity contribution in [3.63, 3.8) is 0 Å². The first-order valence-electron chi connectivity index (χ1n) is 31.4. The lowest BCUT2D eigenvalue weighted by Crippen LogP contribution is -2.10. The molecule has 0 spiro atoms. The molecule has 0 saturated carbocycles. The van der Waals surface area contributed by atoms with Gasteiger partial charge in [0.25, 0.3) is 0 Å². The summed E-state index contributed by atoms with van der Waals surface area (Å²) in [5.41, 5.74) is 17.3. The molecule has 4 nitrogen and oxygen atoms in total. The Morgan fingerprint density at radius 3 is 0.787 bits per heavy atom. The van der Waals surface area contributed by atoms with Crippen LogP contribution in [0, 0.1) is 0 Å². The van der Waals surface area contributed by atoms with Crippen molar-refractivity contribution in [3.05, 3.63) is 393 Å². The first-order valence-corrected chi connectivity index (χ1v) is 32.2. The maximum atomic E-state index is 3.51. The normalized spacial score (nSPS) is 10.7. The Bertz CT molecular complexity index is 4920. The van der Waals surface area contributed by atoms with Gasteiger partial charge >= 0.3 is 0 Å². The summed E-state index contributed by atoms with van der Waals surface area (Å²) in [6.07, 6.45) is 0. The quantitative estimate of drug-likeness (QED) is 0.124. The molecule has 0 aliphatic heterocycles. The summed E-state index contributed by atoms with van der Waals surface area (Å²) in [6, 6.07) is 137. The number of hydrogen-bond donors (Lipinski definition) is 1. The largest absolute Gasteiger partial charge is 0.355 e. The van der Waals surface area contributed by atoms with Crippen molar-refractivity contribution in [2.24, 2.45) is 0 Å². The van der Waals surface area contributed by atoms with Crippen molar-refractivity contribution in [2.45, 2.75) is 7.43 Å². The van der Waals surface area contributed by atoms with Gasteiger partial charge in [0.2, 0.25) is 0 Å². The minimum atomic E-state index is 0. The highest BCUT2D eigenvalue weighted by Crippen LogP contribution is 2.43. The van der Waals surface area contributed by atoms with E-state index in [0.29, 0.717) is 0 Å². The average Bonchev–Trinajstić information content (AvgIpc) is 0.818. The zero-order valence-corrected chi connectivity index (χ0v) is 52.8. The fraction of sp³-hybridized carbons (Fsp3) is 0.0112. The number of nitrogens with one attached hydrogen (secondary N) is 1. The number of hydrogen-bond acceptors (Lipinski definition) is 4. The van der Waals surface area contributed by atoms with Crippen molar-refractivity contribution in [1.29, 1.82) is 0 Å². The molecule has 94 heavy (non-hydrogen) atoms. The second kappa shape index (κ2) is 29.0. The smallest absolute Gasteiger partial charge is 0.0540 e. The third-order valence-electron chi connectivity index (χ3n) is 16.8. The van der Waals surface area contributed by atoms with E-state index in [0.717, 1.165) is 61.3 Å². The molecule has 452 valence electrons. The molecule has 0 saturated heterocycles. The van der Waals surface area contributed by atoms with E-state index in [-0.39, 0.29) is 7.43 Å². The topological polar surface area (TPSA) is 21.8 Å². The van der Waals surface area contributed by atoms with Gasteiger partial charge in [0.1, 0.15) is 0 Å². The average molecular weight is 1270 g/mol. The molecule has 0 aromatic heterocycles. The van der Waals surface area contributed by atoms with E-state index in [4.69, 9.17) is 0 Å². The number of fused-ring (bicyclic) bond motifs is 4. The van der Waals surface area contributed by atoms with E-state index >= 15 is 0 Å². The molecule has 0 aliphatic rings. The predicted octanol–water partition coefficient (Wildman–Crippen LogP) is 26.6. The van der Waals surface area contributed by atoms with Gasteiger partial charge in [-0.1, -0.05) is 290 Å². The van der Waals surface area contributed by atoms with E-state index in [2.05, 4.69) is 406 Å². The molecule has 16 rings (SSSR count). The molecule has 0 atom stereocenters. The van der Waals surface area contributed by atoms with Gasteiger partial charge in [-0.15, -0.1) is 0 Å². The first-order chi connectivity index (χ1) is 46.1. The van der Waals surface area contributed by atoms with E-state index in [1.807, 2.05) is 18.2 Å². The summed E-state index contributed by atoms with van der Waals surface area (Å²) in [7, 11) is 0. The lowest BCUT2D eigenvalue weighted by Gasteiger charge is -2.27. The molecule has 0 bridgehead atoms. The Hall–Kier alpha value is -11.8.